The zero-order chi connectivity index (χ0) is 22.0. The molecule has 1 saturated heterocycles. The minimum Gasteiger partial charge on any atom is -0.383 e. The minimum atomic E-state index is -0.940. The summed E-state index contributed by atoms with van der Waals surface area (Å²) in [4.78, 5) is 28.0. The minimum absolute atomic E-state index is 0. The van der Waals surface area contributed by atoms with Crippen molar-refractivity contribution in [1.82, 2.24) is 15.3 Å². The van der Waals surface area contributed by atoms with E-state index in [0.29, 0.717) is 43.3 Å². The Morgan fingerprint density at radius 2 is 1.91 bits per heavy atom. The molecule has 2 aliphatic heterocycles. The summed E-state index contributed by atoms with van der Waals surface area (Å²) < 4.78 is 0. The lowest BCUT2D eigenvalue weighted by Gasteiger charge is -2.39. The van der Waals surface area contributed by atoms with Crippen LogP contribution in [0.4, 0.5) is 11.6 Å². The molecule has 0 unspecified atom stereocenters. The first kappa shape index (κ1) is 23.7. The van der Waals surface area contributed by atoms with Crippen molar-refractivity contribution in [2.45, 2.75) is 38.8 Å². The third-order valence-corrected chi connectivity index (χ3v) is 6.17. The number of amides is 1. The van der Waals surface area contributed by atoms with Gasteiger partial charge in [-0.25, -0.2) is 9.97 Å². The standard InChI is InChI=1S/C22H26ClN7O.CH4/c1-14(15-2-4-17(23)5-3-15)29-21(31)22(25)7-10-30(11-8-22)20-18(16-6-9-26-12-16)19(24)27-13-28-20;/h2-6,12-14H,7-11,25H2,1H3,(H,29,31)(H2,24,27,28);1H4/t14-;/m0./s1. The smallest absolute Gasteiger partial charge is 0.240 e. The molecule has 9 heteroatoms. The topological polar surface area (TPSA) is 123 Å². The number of benzene rings is 1. The van der Waals surface area contributed by atoms with Gasteiger partial charge in [0.25, 0.3) is 0 Å². The molecule has 0 radical (unpaired) electrons. The molecular weight excluding hydrogens is 426 g/mol. The molecule has 1 amide bonds. The Morgan fingerprint density at radius 1 is 1.22 bits per heavy atom. The van der Waals surface area contributed by atoms with Crippen molar-refractivity contribution in [3.8, 4) is 0 Å². The average molecular weight is 456 g/mol. The van der Waals surface area contributed by atoms with Crippen LogP contribution >= 0.6 is 11.6 Å². The van der Waals surface area contributed by atoms with Gasteiger partial charge in [0.15, 0.2) is 0 Å². The Hall–Kier alpha value is -2.97. The molecule has 0 bridgehead atoms. The zero-order valence-corrected chi connectivity index (χ0v) is 18.1. The summed E-state index contributed by atoms with van der Waals surface area (Å²) in [6.07, 6.45) is 6.26. The van der Waals surface area contributed by atoms with Crippen molar-refractivity contribution >= 4 is 40.9 Å². The number of nitrogen functional groups attached to an aromatic ring is 1. The first-order chi connectivity index (χ1) is 14.9. The zero-order valence-electron chi connectivity index (χ0n) is 17.4. The third kappa shape index (κ3) is 4.76. The number of anilines is 2. The maximum Gasteiger partial charge on any atom is 0.240 e. The number of aromatic nitrogens is 2. The lowest BCUT2D eigenvalue weighted by atomic mass is 9.87. The van der Waals surface area contributed by atoms with Crippen LogP contribution in [0.2, 0.25) is 5.02 Å². The number of nitrogens with zero attached hydrogens (tertiary/aromatic N) is 4. The summed E-state index contributed by atoms with van der Waals surface area (Å²) in [5.74, 6) is 1.02. The van der Waals surface area contributed by atoms with Crippen molar-refractivity contribution in [1.29, 1.82) is 0 Å². The van der Waals surface area contributed by atoms with Crippen LogP contribution in [0.1, 0.15) is 44.4 Å². The molecule has 1 aromatic carbocycles. The highest BCUT2D eigenvalue weighted by Crippen LogP contribution is 2.33. The summed E-state index contributed by atoms with van der Waals surface area (Å²) in [5.41, 5.74) is 14.4. The van der Waals surface area contributed by atoms with Gasteiger partial charge >= 0.3 is 0 Å². The highest BCUT2D eigenvalue weighted by atomic mass is 35.5. The van der Waals surface area contributed by atoms with E-state index in [0.717, 1.165) is 22.5 Å². The predicted molar refractivity (Wildman–Crippen MR) is 131 cm³/mol. The molecule has 1 fully saturated rings. The number of aliphatic imine (C=N–C) groups is 1. The van der Waals surface area contributed by atoms with Crippen molar-refractivity contribution < 1.29 is 4.79 Å². The third-order valence-electron chi connectivity index (χ3n) is 5.92. The van der Waals surface area contributed by atoms with Gasteiger partial charge in [0.05, 0.1) is 23.7 Å². The Balaban J connectivity index is 0.00000289. The lowest BCUT2D eigenvalue weighted by Crippen LogP contribution is -2.60. The molecule has 1 atom stereocenters. The number of hydrogen-bond donors (Lipinski definition) is 3. The van der Waals surface area contributed by atoms with Crippen LogP contribution < -0.4 is 21.7 Å². The molecule has 32 heavy (non-hydrogen) atoms. The molecular formula is C23H30ClN7O. The number of hydrogen-bond acceptors (Lipinski definition) is 7. The van der Waals surface area contributed by atoms with E-state index >= 15 is 0 Å². The van der Waals surface area contributed by atoms with Gasteiger partial charge in [-0.3, -0.25) is 9.79 Å². The van der Waals surface area contributed by atoms with E-state index in [4.69, 9.17) is 23.1 Å². The second kappa shape index (κ2) is 9.67. The number of halogens is 1. The van der Waals surface area contributed by atoms with Gasteiger partial charge in [-0.1, -0.05) is 37.2 Å². The van der Waals surface area contributed by atoms with Crippen molar-refractivity contribution in [3.05, 3.63) is 52.8 Å². The van der Waals surface area contributed by atoms with Crippen LogP contribution in [0.25, 0.3) is 5.57 Å². The molecule has 170 valence electrons. The maximum absolute atomic E-state index is 13.0. The fourth-order valence-electron chi connectivity index (χ4n) is 3.95. The highest BCUT2D eigenvalue weighted by Gasteiger charge is 2.39. The predicted octanol–water partition coefficient (Wildman–Crippen LogP) is 2.99. The Bertz CT molecular complexity index is 1030. The van der Waals surface area contributed by atoms with Gasteiger partial charge in [-0.05, 0) is 37.5 Å². The summed E-state index contributed by atoms with van der Waals surface area (Å²) in [6, 6.07) is 7.27. The normalized spacial score (nSPS) is 18.0. The fourth-order valence-corrected chi connectivity index (χ4v) is 4.07. The molecule has 5 N–H and O–H groups in total. The van der Waals surface area contributed by atoms with Crippen molar-refractivity contribution in [2.75, 3.05) is 30.3 Å². The van der Waals surface area contributed by atoms with Crippen LogP contribution in [-0.2, 0) is 4.79 Å². The van der Waals surface area contributed by atoms with Crippen LogP contribution in [0.3, 0.4) is 0 Å². The Morgan fingerprint density at radius 3 is 2.53 bits per heavy atom. The summed E-state index contributed by atoms with van der Waals surface area (Å²) in [6.45, 7) is 3.74. The van der Waals surface area contributed by atoms with E-state index in [1.807, 2.05) is 37.3 Å². The van der Waals surface area contributed by atoms with Crippen LogP contribution in [0.15, 0.2) is 41.7 Å². The molecule has 0 aliphatic carbocycles. The van der Waals surface area contributed by atoms with Gasteiger partial charge in [-0.2, -0.15) is 0 Å². The van der Waals surface area contributed by atoms with Crippen LogP contribution in [0.5, 0.6) is 0 Å². The molecule has 2 aromatic rings. The average Bonchev–Trinajstić information content (AvgIpc) is 3.29. The van der Waals surface area contributed by atoms with E-state index in [1.165, 1.54) is 6.33 Å². The number of rotatable bonds is 5. The van der Waals surface area contributed by atoms with E-state index in [-0.39, 0.29) is 19.4 Å². The lowest BCUT2D eigenvalue weighted by molar-refractivity contribution is -0.127. The van der Waals surface area contributed by atoms with E-state index in [1.54, 1.807) is 6.21 Å². The number of carbonyl (C=O) groups excluding carboxylic acids is 1. The fraction of sp³-hybridized carbons (Fsp3) is 0.391. The van der Waals surface area contributed by atoms with Gasteiger partial charge in [0.2, 0.25) is 5.91 Å². The van der Waals surface area contributed by atoms with E-state index in [9.17, 15) is 4.79 Å². The molecule has 4 rings (SSSR count). The molecule has 0 saturated carbocycles. The highest BCUT2D eigenvalue weighted by molar-refractivity contribution is 6.30. The second-order valence-electron chi connectivity index (χ2n) is 8.00. The summed E-state index contributed by atoms with van der Waals surface area (Å²) in [7, 11) is 0. The summed E-state index contributed by atoms with van der Waals surface area (Å²) in [5, 5.41) is 3.71. The monoisotopic (exact) mass is 455 g/mol. The molecule has 0 spiro atoms. The van der Waals surface area contributed by atoms with E-state index in [2.05, 4.69) is 25.2 Å². The molecule has 3 heterocycles. The number of carbonyl (C=O) groups is 1. The second-order valence-corrected chi connectivity index (χ2v) is 8.44. The molecule has 8 nitrogen and oxygen atoms in total. The van der Waals surface area contributed by atoms with Crippen LogP contribution in [-0.4, -0.2) is 47.3 Å². The van der Waals surface area contributed by atoms with Crippen LogP contribution in [0, 0.1) is 0 Å². The molecule has 2 aliphatic rings. The maximum atomic E-state index is 13.0. The Labute approximate surface area is 193 Å². The van der Waals surface area contributed by atoms with Crippen molar-refractivity contribution in [3.63, 3.8) is 0 Å². The SMILES string of the molecule is C.C[C@H](NC(=O)C1(N)CCN(c2ncnc(N)c2C2=CCN=C2)CC1)c1ccc(Cl)cc1. The number of nitrogens with two attached hydrogens (primary N) is 2. The van der Waals surface area contributed by atoms with Gasteiger partial charge < -0.3 is 21.7 Å². The first-order valence-corrected chi connectivity index (χ1v) is 10.7. The van der Waals surface area contributed by atoms with E-state index < -0.39 is 5.54 Å². The largest absolute Gasteiger partial charge is 0.383 e. The van der Waals surface area contributed by atoms with Crippen molar-refractivity contribution in [2.24, 2.45) is 10.7 Å². The summed E-state index contributed by atoms with van der Waals surface area (Å²) >= 11 is 5.95. The quantitative estimate of drug-likeness (QED) is 0.636. The van der Waals surface area contributed by atoms with Gasteiger partial charge in [0.1, 0.15) is 18.0 Å². The number of allylic oxidation sites excluding steroid dienone is 1. The Kier molecular flexibility index (Phi) is 7.16. The molecule has 1 aromatic heterocycles. The number of nitrogens with one attached hydrogen (secondary N) is 1. The number of piperidine rings is 1. The first-order valence-electron chi connectivity index (χ1n) is 10.3. The van der Waals surface area contributed by atoms with Gasteiger partial charge in [0, 0.05) is 29.9 Å². The van der Waals surface area contributed by atoms with Gasteiger partial charge in [-0.15, -0.1) is 0 Å².